The molecular formula is C19H21N3O2. The van der Waals surface area contributed by atoms with Crippen LogP contribution in [0.5, 0.6) is 0 Å². The van der Waals surface area contributed by atoms with Crippen molar-refractivity contribution in [3.63, 3.8) is 0 Å². The summed E-state index contributed by atoms with van der Waals surface area (Å²) in [6.45, 7) is 4.23. The number of nitrogens with zero attached hydrogens (tertiary/aromatic N) is 2. The van der Waals surface area contributed by atoms with Gasteiger partial charge in [0.05, 0.1) is 5.52 Å². The zero-order chi connectivity index (χ0) is 17.1. The summed E-state index contributed by atoms with van der Waals surface area (Å²) in [6, 6.07) is 10.5. The van der Waals surface area contributed by atoms with Gasteiger partial charge in [0.1, 0.15) is 5.65 Å². The molecule has 2 heterocycles. The number of benzene rings is 1. The number of hydrogen-bond donors (Lipinski definition) is 1. The van der Waals surface area contributed by atoms with Crippen LogP contribution in [0, 0.1) is 0 Å². The van der Waals surface area contributed by atoms with Crippen molar-refractivity contribution in [2.75, 3.05) is 0 Å². The highest BCUT2D eigenvalue weighted by Crippen LogP contribution is 2.34. The van der Waals surface area contributed by atoms with Crippen LogP contribution in [-0.4, -0.2) is 21.9 Å². The molecule has 3 rings (SSSR count). The number of pyridine rings is 1. The topological polar surface area (TPSA) is 64.0 Å². The molecule has 3 aromatic rings. The largest absolute Gasteiger partial charge is 0.322 e. The van der Waals surface area contributed by atoms with Crippen molar-refractivity contribution in [2.45, 2.75) is 39.2 Å². The summed E-state index contributed by atoms with van der Waals surface area (Å²) in [5.74, 6) is -0.250. The molecule has 0 fully saturated rings. The number of fused-ring (bicyclic) bond motifs is 3. The Balaban J connectivity index is 2.09. The second-order valence-electron chi connectivity index (χ2n) is 5.98. The van der Waals surface area contributed by atoms with Crippen LogP contribution in [0.1, 0.15) is 38.3 Å². The SMILES string of the molecule is CCc1ccnc2c1c1ccccc1n2C(C)CCC(=O)NC=O. The molecule has 124 valence electrons. The maximum Gasteiger partial charge on any atom is 0.226 e. The lowest BCUT2D eigenvalue weighted by atomic mass is 10.1. The average molecular weight is 323 g/mol. The lowest BCUT2D eigenvalue weighted by molar-refractivity contribution is -0.125. The van der Waals surface area contributed by atoms with Gasteiger partial charge in [-0.3, -0.25) is 14.9 Å². The van der Waals surface area contributed by atoms with Gasteiger partial charge in [-0.1, -0.05) is 25.1 Å². The maximum atomic E-state index is 11.6. The molecule has 0 aliphatic carbocycles. The molecule has 1 unspecified atom stereocenters. The molecule has 5 heteroatoms. The van der Waals surface area contributed by atoms with Gasteiger partial charge in [0.2, 0.25) is 12.3 Å². The molecule has 0 bridgehead atoms. The van der Waals surface area contributed by atoms with Gasteiger partial charge >= 0.3 is 0 Å². The molecule has 2 amide bonds. The normalized spacial score (nSPS) is 12.4. The van der Waals surface area contributed by atoms with Crippen LogP contribution < -0.4 is 5.32 Å². The molecule has 1 atom stereocenters. The van der Waals surface area contributed by atoms with Crippen molar-refractivity contribution >= 4 is 34.3 Å². The predicted octanol–water partition coefficient (Wildman–Crippen LogP) is 3.37. The number of amides is 2. The van der Waals surface area contributed by atoms with Gasteiger partial charge in [-0.2, -0.15) is 0 Å². The first kappa shape index (κ1) is 16.2. The number of nitrogens with one attached hydrogen (secondary N) is 1. The summed E-state index contributed by atoms with van der Waals surface area (Å²) in [4.78, 5) is 26.6. The number of hydrogen-bond acceptors (Lipinski definition) is 3. The fourth-order valence-corrected chi connectivity index (χ4v) is 3.32. The number of carbonyl (C=O) groups excluding carboxylic acids is 2. The first-order valence-corrected chi connectivity index (χ1v) is 8.26. The Hall–Kier alpha value is -2.69. The van der Waals surface area contributed by atoms with Crippen LogP contribution in [0.3, 0.4) is 0 Å². The molecule has 0 saturated carbocycles. The van der Waals surface area contributed by atoms with E-state index in [2.05, 4.69) is 46.9 Å². The van der Waals surface area contributed by atoms with Crippen molar-refractivity contribution in [3.8, 4) is 0 Å². The van der Waals surface area contributed by atoms with E-state index in [9.17, 15) is 9.59 Å². The smallest absolute Gasteiger partial charge is 0.226 e. The summed E-state index contributed by atoms with van der Waals surface area (Å²) >= 11 is 0. The minimum Gasteiger partial charge on any atom is -0.322 e. The third-order valence-corrected chi connectivity index (χ3v) is 4.51. The highest BCUT2D eigenvalue weighted by molar-refractivity contribution is 6.08. The fourth-order valence-electron chi connectivity index (χ4n) is 3.32. The van der Waals surface area contributed by atoms with E-state index in [1.165, 1.54) is 16.3 Å². The van der Waals surface area contributed by atoms with Crippen LogP contribution >= 0.6 is 0 Å². The van der Waals surface area contributed by atoms with Crippen molar-refractivity contribution in [2.24, 2.45) is 0 Å². The Morgan fingerprint density at radius 2 is 2.12 bits per heavy atom. The van der Waals surface area contributed by atoms with Crippen molar-refractivity contribution in [3.05, 3.63) is 42.1 Å². The lowest BCUT2D eigenvalue weighted by Gasteiger charge is -2.16. The summed E-state index contributed by atoms with van der Waals surface area (Å²) in [6.07, 6.45) is 4.18. The molecule has 0 saturated heterocycles. The molecule has 2 aromatic heterocycles. The molecule has 24 heavy (non-hydrogen) atoms. The molecule has 1 N–H and O–H groups in total. The number of aromatic nitrogens is 2. The lowest BCUT2D eigenvalue weighted by Crippen LogP contribution is -2.21. The zero-order valence-corrected chi connectivity index (χ0v) is 14.0. The van der Waals surface area contributed by atoms with Gasteiger partial charge in [0.25, 0.3) is 0 Å². The fraction of sp³-hybridized carbons (Fsp3) is 0.316. The molecule has 0 aliphatic rings. The molecule has 0 aliphatic heterocycles. The van der Waals surface area contributed by atoms with E-state index < -0.39 is 0 Å². The van der Waals surface area contributed by atoms with Crippen molar-refractivity contribution in [1.82, 2.24) is 14.9 Å². The van der Waals surface area contributed by atoms with Crippen molar-refractivity contribution < 1.29 is 9.59 Å². The quantitative estimate of drug-likeness (QED) is 0.707. The Morgan fingerprint density at radius 1 is 1.33 bits per heavy atom. The highest BCUT2D eigenvalue weighted by Gasteiger charge is 2.18. The summed E-state index contributed by atoms with van der Waals surface area (Å²) in [5, 5.41) is 4.58. The first-order chi connectivity index (χ1) is 11.7. The third kappa shape index (κ3) is 2.77. The van der Waals surface area contributed by atoms with E-state index in [1.54, 1.807) is 0 Å². The number of carbonyl (C=O) groups is 2. The number of rotatable bonds is 6. The van der Waals surface area contributed by atoms with Crippen LogP contribution in [-0.2, 0) is 16.0 Å². The van der Waals surface area contributed by atoms with Crippen LogP contribution in [0.15, 0.2) is 36.5 Å². The van der Waals surface area contributed by atoms with Gasteiger partial charge in [-0.15, -0.1) is 0 Å². The second kappa shape index (κ2) is 6.83. The molecular weight excluding hydrogens is 302 g/mol. The van der Waals surface area contributed by atoms with Crippen LogP contribution in [0.4, 0.5) is 0 Å². The maximum absolute atomic E-state index is 11.6. The Labute approximate surface area is 140 Å². The van der Waals surface area contributed by atoms with E-state index >= 15 is 0 Å². The summed E-state index contributed by atoms with van der Waals surface area (Å²) < 4.78 is 2.21. The van der Waals surface area contributed by atoms with Gasteiger partial charge in [0, 0.05) is 29.4 Å². The average Bonchev–Trinajstić information content (AvgIpc) is 2.94. The summed E-state index contributed by atoms with van der Waals surface area (Å²) in [7, 11) is 0. The first-order valence-electron chi connectivity index (χ1n) is 8.26. The standard InChI is InChI=1S/C19H21N3O2/c1-3-14-10-11-20-19-18(14)15-6-4-5-7-16(15)22(19)13(2)8-9-17(24)21-12-23/h4-7,10-13H,3,8-9H2,1-2H3,(H,21,23,24). The molecule has 1 aromatic carbocycles. The van der Waals surface area contributed by atoms with Crippen molar-refractivity contribution in [1.29, 1.82) is 0 Å². The molecule has 0 radical (unpaired) electrons. The predicted molar refractivity (Wildman–Crippen MR) is 94.8 cm³/mol. The third-order valence-electron chi connectivity index (χ3n) is 4.51. The van der Waals surface area contributed by atoms with E-state index in [0.717, 1.165) is 17.6 Å². The van der Waals surface area contributed by atoms with E-state index in [4.69, 9.17) is 0 Å². The van der Waals surface area contributed by atoms with E-state index in [-0.39, 0.29) is 11.9 Å². The van der Waals surface area contributed by atoms with E-state index in [1.807, 2.05) is 18.3 Å². The molecule has 5 nitrogen and oxygen atoms in total. The van der Waals surface area contributed by atoms with Gasteiger partial charge in [-0.25, -0.2) is 4.98 Å². The van der Waals surface area contributed by atoms with E-state index in [0.29, 0.717) is 19.3 Å². The summed E-state index contributed by atoms with van der Waals surface area (Å²) in [5.41, 5.74) is 3.36. The monoisotopic (exact) mass is 323 g/mol. The Morgan fingerprint density at radius 3 is 2.88 bits per heavy atom. The number of imide groups is 1. The number of para-hydroxylation sites is 1. The molecule has 0 spiro atoms. The second-order valence-corrected chi connectivity index (χ2v) is 5.98. The van der Waals surface area contributed by atoms with Crippen LogP contribution in [0.25, 0.3) is 21.9 Å². The van der Waals surface area contributed by atoms with Gasteiger partial charge < -0.3 is 4.57 Å². The number of aryl methyl sites for hydroxylation is 1. The Bertz CT molecular complexity index is 898. The van der Waals surface area contributed by atoms with Gasteiger partial charge in [0.15, 0.2) is 0 Å². The minimum absolute atomic E-state index is 0.101. The van der Waals surface area contributed by atoms with Crippen LogP contribution in [0.2, 0.25) is 0 Å². The zero-order valence-electron chi connectivity index (χ0n) is 14.0. The minimum atomic E-state index is -0.250. The highest BCUT2D eigenvalue weighted by atomic mass is 16.2. The Kier molecular flexibility index (Phi) is 4.60. The van der Waals surface area contributed by atoms with Gasteiger partial charge in [-0.05, 0) is 37.5 Å².